The molecule has 0 amide bonds. The van der Waals surface area contributed by atoms with Gasteiger partial charge in [-0.25, -0.2) is 9.98 Å². The molecule has 0 radical (unpaired) electrons. The maximum atomic E-state index is 4.98. The minimum Gasteiger partial charge on any atom is -0.233 e. The van der Waals surface area contributed by atoms with Gasteiger partial charge in [0.15, 0.2) is 5.84 Å². The van der Waals surface area contributed by atoms with E-state index in [-0.39, 0.29) is 0 Å². The summed E-state index contributed by atoms with van der Waals surface area (Å²) >= 11 is 0. The van der Waals surface area contributed by atoms with Crippen molar-refractivity contribution in [1.82, 2.24) is 0 Å². The summed E-state index contributed by atoms with van der Waals surface area (Å²) in [5, 5.41) is 0. The van der Waals surface area contributed by atoms with Crippen molar-refractivity contribution >= 4 is 28.4 Å². The van der Waals surface area contributed by atoms with Gasteiger partial charge in [-0.2, -0.15) is 0 Å². The van der Waals surface area contributed by atoms with Gasteiger partial charge in [0, 0.05) is 11.3 Å². The molecule has 0 aliphatic heterocycles. The second-order valence-electron chi connectivity index (χ2n) is 9.20. The van der Waals surface area contributed by atoms with Crippen molar-refractivity contribution in [2.45, 2.75) is 34.6 Å². The first-order chi connectivity index (χ1) is 18.9. The van der Waals surface area contributed by atoms with Gasteiger partial charge in [-0.1, -0.05) is 134 Å². The van der Waals surface area contributed by atoms with Gasteiger partial charge in [0.2, 0.25) is 0 Å². The van der Waals surface area contributed by atoms with Gasteiger partial charge in [0.05, 0.1) is 5.70 Å². The van der Waals surface area contributed by atoms with Gasteiger partial charge < -0.3 is 0 Å². The van der Waals surface area contributed by atoms with Crippen molar-refractivity contribution < 1.29 is 0 Å². The predicted octanol–water partition coefficient (Wildman–Crippen LogP) is 10.0. The lowest BCUT2D eigenvalue weighted by Crippen LogP contribution is -2.04. The zero-order chi connectivity index (χ0) is 28.2. The van der Waals surface area contributed by atoms with Crippen molar-refractivity contribution in [3.63, 3.8) is 0 Å². The summed E-state index contributed by atoms with van der Waals surface area (Å²) in [7, 11) is 0. The van der Waals surface area contributed by atoms with E-state index < -0.39 is 0 Å². The summed E-state index contributed by atoms with van der Waals surface area (Å²) in [6.45, 7) is 18.4. The number of allylic oxidation sites excluding steroid dienone is 9. The summed E-state index contributed by atoms with van der Waals surface area (Å²) in [6, 6.07) is 25.0. The van der Waals surface area contributed by atoms with Crippen molar-refractivity contribution in [2.24, 2.45) is 9.98 Å². The fraction of sp³-hybridized carbons (Fsp3) is 0.135. The van der Waals surface area contributed by atoms with E-state index in [0.29, 0.717) is 11.5 Å². The first-order valence-electron chi connectivity index (χ1n) is 13.3. The van der Waals surface area contributed by atoms with E-state index in [1.165, 1.54) is 11.1 Å². The maximum absolute atomic E-state index is 4.98. The molecule has 2 heteroatoms. The first kappa shape index (κ1) is 29.0. The molecule has 3 aromatic carbocycles. The average Bonchev–Trinajstić information content (AvgIpc) is 2.96. The van der Waals surface area contributed by atoms with Gasteiger partial charge in [-0.3, -0.25) is 0 Å². The molecular weight excluding hydrogens is 472 g/mol. The Morgan fingerprint density at radius 1 is 0.667 bits per heavy atom. The zero-order valence-electron chi connectivity index (χ0n) is 23.8. The summed E-state index contributed by atoms with van der Waals surface area (Å²) in [5.74, 6) is 0.620. The highest BCUT2D eigenvalue weighted by Gasteiger charge is 2.09. The van der Waals surface area contributed by atoms with E-state index in [1.54, 1.807) is 0 Å². The number of rotatable bonds is 9. The lowest BCUT2D eigenvalue weighted by atomic mass is 10.0. The van der Waals surface area contributed by atoms with E-state index >= 15 is 0 Å². The van der Waals surface area contributed by atoms with Crippen LogP contribution >= 0.6 is 0 Å². The molecule has 3 aromatic rings. The first-order valence-corrected chi connectivity index (χ1v) is 13.3. The Morgan fingerprint density at radius 2 is 1.21 bits per heavy atom. The second-order valence-corrected chi connectivity index (χ2v) is 9.20. The molecule has 0 fully saturated rings. The van der Waals surface area contributed by atoms with Crippen molar-refractivity contribution in [1.29, 1.82) is 0 Å². The zero-order valence-corrected chi connectivity index (χ0v) is 23.8. The number of aliphatic imine (C=N–C) groups is 2. The molecule has 0 saturated carbocycles. The quantitative estimate of drug-likeness (QED) is 0.155. The van der Waals surface area contributed by atoms with Crippen molar-refractivity contribution in [3.8, 4) is 0 Å². The summed E-state index contributed by atoms with van der Waals surface area (Å²) < 4.78 is 0. The Balaban J connectivity index is 2.03. The third-order valence-electron chi connectivity index (χ3n) is 6.36. The highest BCUT2D eigenvalue weighted by Crippen LogP contribution is 2.23. The fourth-order valence-corrected chi connectivity index (χ4v) is 4.05. The van der Waals surface area contributed by atoms with Gasteiger partial charge >= 0.3 is 0 Å². The van der Waals surface area contributed by atoms with Crippen LogP contribution in [0, 0.1) is 6.92 Å². The lowest BCUT2D eigenvalue weighted by molar-refractivity contribution is 1.42. The largest absolute Gasteiger partial charge is 0.233 e. The third-order valence-corrected chi connectivity index (χ3v) is 6.36. The maximum Gasteiger partial charge on any atom is 0.160 e. The molecule has 196 valence electrons. The Labute approximate surface area is 234 Å². The Hall–Kier alpha value is -4.56. The van der Waals surface area contributed by atoms with Crippen LogP contribution in [-0.2, 0) is 0 Å². The predicted molar refractivity (Wildman–Crippen MR) is 173 cm³/mol. The molecule has 0 atom stereocenters. The van der Waals surface area contributed by atoms with E-state index in [0.717, 1.165) is 39.1 Å². The molecule has 0 N–H and O–H groups in total. The van der Waals surface area contributed by atoms with Crippen LogP contribution in [-0.4, -0.2) is 11.5 Å². The van der Waals surface area contributed by atoms with Crippen molar-refractivity contribution in [3.05, 3.63) is 162 Å². The second kappa shape index (κ2) is 14.4. The molecule has 0 aliphatic rings. The Bertz CT molecular complexity index is 1470. The third kappa shape index (κ3) is 7.96. The fourth-order valence-electron chi connectivity index (χ4n) is 4.05. The van der Waals surface area contributed by atoms with Gasteiger partial charge in [-0.15, -0.1) is 0 Å². The number of aryl methyl sites for hydroxylation is 1. The van der Waals surface area contributed by atoms with Gasteiger partial charge in [0.1, 0.15) is 0 Å². The molecule has 0 aromatic heterocycles. The number of benzene rings is 3. The van der Waals surface area contributed by atoms with E-state index in [4.69, 9.17) is 9.98 Å². The topological polar surface area (TPSA) is 24.7 Å². The smallest absolute Gasteiger partial charge is 0.160 e. The highest BCUT2D eigenvalue weighted by molar-refractivity contribution is 6.12. The van der Waals surface area contributed by atoms with Crippen LogP contribution in [0.25, 0.3) is 16.8 Å². The lowest BCUT2D eigenvalue weighted by Gasteiger charge is -2.10. The molecule has 0 bridgehead atoms. The molecule has 0 spiro atoms. The summed E-state index contributed by atoms with van der Waals surface area (Å²) in [6.07, 6.45) is 14.2. The average molecular weight is 511 g/mol. The number of nitrogens with zero attached hydrogens (tertiary/aromatic N) is 2. The van der Waals surface area contributed by atoms with Crippen LogP contribution in [0.4, 0.5) is 0 Å². The normalized spacial score (nSPS) is 13.4. The Kier molecular flexibility index (Phi) is 10.7. The SMILES string of the molecule is C=C/C(=C\C=C/C)c1ccc(C(N=C(C)c2ccc(C)cc2)=NC(=C)c2ccc(C(/C=C\C)=C/C)cc2)cc1. The van der Waals surface area contributed by atoms with Crippen LogP contribution in [0.1, 0.15) is 61.1 Å². The standard InChI is InChI=1S/C37H38N2/c1-8-12-14-31(11-4)35-23-25-36(26-24-35)37(38-28(6)32-17-15-27(5)16-18-32)39-29(7)33-19-21-34(22-20-33)30(10-3)13-9-2/h8-26H,4,7H2,1-3,5-6H3/b12-8-,13-9-,30-10+,31-14+,38-28?,39-37?. The minimum atomic E-state index is 0.620. The molecule has 39 heavy (non-hydrogen) atoms. The highest BCUT2D eigenvalue weighted by atomic mass is 14.9. The molecule has 0 unspecified atom stereocenters. The van der Waals surface area contributed by atoms with E-state index in [1.807, 2.05) is 52.0 Å². The Morgan fingerprint density at radius 3 is 1.74 bits per heavy atom. The minimum absolute atomic E-state index is 0.620. The molecule has 0 saturated heterocycles. The molecule has 3 rings (SSSR count). The van der Waals surface area contributed by atoms with Crippen LogP contribution in [0.5, 0.6) is 0 Å². The van der Waals surface area contributed by atoms with Crippen LogP contribution in [0.2, 0.25) is 0 Å². The molecule has 2 nitrogen and oxygen atoms in total. The van der Waals surface area contributed by atoms with E-state index in [2.05, 4.69) is 111 Å². The van der Waals surface area contributed by atoms with Crippen molar-refractivity contribution in [2.75, 3.05) is 0 Å². The van der Waals surface area contributed by atoms with Crippen LogP contribution < -0.4 is 0 Å². The molecule has 0 heterocycles. The van der Waals surface area contributed by atoms with Gasteiger partial charge in [0.25, 0.3) is 0 Å². The summed E-state index contributed by atoms with van der Waals surface area (Å²) in [5.41, 5.74) is 10.2. The summed E-state index contributed by atoms with van der Waals surface area (Å²) in [4.78, 5) is 9.92. The van der Waals surface area contributed by atoms with Gasteiger partial charge in [-0.05, 0) is 68.0 Å². The monoisotopic (exact) mass is 510 g/mol. The van der Waals surface area contributed by atoms with E-state index in [9.17, 15) is 0 Å². The number of amidine groups is 1. The number of hydrogen-bond donors (Lipinski definition) is 0. The number of hydrogen-bond acceptors (Lipinski definition) is 1. The van der Waals surface area contributed by atoms with Crippen LogP contribution in [0.3, 0.4) is 0 Å². The van der Waals surface area contributed by atoms with Crippen LogP contribution in [0.15, 0.2) is 138 Å². The molecule has 0 aliphatic carbocycles. The molecular formula is C37H38N2.